The van der Waals surface area contributed by atoms with Crippen molar-refractivity contribution in [2.45, 2.75) is 13.5 Å². The molecule has 0 unspecified atom stereocenters. The van der Waals surface area contributed by atoms with Gasteiger partial charge in [-0.3, -0.25) is 0 Å². The molecule has 0 aliphatic carbocycles. The first-order valence-corrected chi connectivity index (χ1v) is 5.39. The fourth-order valence-corrected chi connectivity index (χ4v) is 1.60. The van der Waals surface area contributed by atoms with E-state index in [0.717, 1.165) is 22.0 Å². The standard InChI is InChI=1S/C12H12ClN3/c1-9-5-12(16-15-7-9)14-8-10-3-2-4-11(13)6-10/h2-7H,8H2,1H3,(H,14,16). The highest BCUT2D eigenvalue weighted by Crippen LogP contribution is 2.12. The van der Waals surface area contributed by atoms with Gasteiger partial charge in [0.1, 0.15) is 5.82 Å². The van der Waals surface area contributed by atoms with E-state index in [1.54, 1.807) is 6.20 Å². The molecule has 0 saturated carbocycles. The molecule has 0 atom stereocenters. The maximum atomic E-state index is 5.90. The zero-order valence-corrected chi connectivity index (χ0v) is 9.70. The molecule has 82 valence electrons. The van der Waals surface area contributed by atoms with Gasteiger partial charge in [0.05, 0.1) is 6.20 Å². The molecule has 0 aliphatic heterocycles. The minimum atomic E-state index is 0.693. The molecular formula is C12H12ClN3. The first-order valence-electron chi connectivity index (χ1n) is 5.02. The fraction of sp³-hybridized carbons (Fsp3) is 0.167. The molecule has 1 heterocycles. The topological polar surface area (TPSA) is 37.8 Å². The summed E-state index contributed by atoms with van der Waals surface area (Å²) in [6.07, 6.45) is 1.73. The quantitative estimate of drug-likeness (QED) is 0.886. The van der Waals surface area contributed by atoms with Crippen molar-refractivity contribution in [1.29, 1.82) is 0 Å². The van der Waals surface area contributed by atoms with E-state index >= 15 is 0 Å². The first kappa shape index (κ1) is 10.9. The second-order valence-corrected chi connectivity index (χ2v) is 4.04. The van der Waals surface area contributed by atoms with Crippen LogP contribution in [0.15, 0.2) is 36.5 Å². The Labute approximate surface area is 99.5 Å². The van der Waals surface area contributed by atoms with Crippen LogP contribution in [0.25, 0.3) is 0 Å². The number of nitrogens with zero attached hydrogens (tertiary/aromatic N) is 2. The van der Waals surface area contributed by atoms with Crippen molar-refractivity contribution in [2.75, 3.05) is 5.32 Å². The summed E-state index contributed by atoms with van der Waals surface area (Å²) in [5, 5.41) is 11.8. The minimum absolute atomic E-state index is 0.693. The number of rotatable bonds is 3. The SMILES string of the molecule is Cc1cnnc(NCc2cccc(Cl)c2)c1. The van der Waals surface area contributed by atoms with E-state index in [0.29, 0.717) is 6.54 Å². The second-order valence-electron chi connectivity index (χ2n) is 3.60. The summed E-state index contributed by atoms with van der Waals surface area (Å²) in [6, 6.07) is 9.69. The molecule has 0 saturated heterocycles. The lowest BCUT2D eigenvalue weighted by atomic mass is 10.2. The molecular weight excluding hydrogens is 222 g/mol. The Hall–Kier alpha value is -1.61. The molecule has 2 rings (SSSR count). The van der Waals surface area contributed by atoms with Gasteiger partial charge in [0.15, 0.2) is 0 Å². The fourth-order valence-electron chi connectivity index (χ4n) is 1.39. The van der Waals surface area contributed by atoms with Crippen LogP contribution >= 0.6 is 11.6 Å². The van der Waals surface area contributed by atoms with Crippen LogP contribution in [0.4, 0.5) is 5.82 Å². The van der Waals surface area contributed by atoms with Crippen LogP contribution in [0.1, 0.15) is 11.1 Å². The summed E-state index contributed by atoms with van der Waals surface area (Å²) in [4.78, 5) is 0. The predicted molar refractivity (Wildman–Crippen MR) is 65.5 cm³/mol. The van der Waals surface area contributed by atoms with Crippen molar-refractivity contribution in [1.82, 2.24) is 10.2 Å². The maximum absolute atomic E-state index is 5.90. The lowest BCUT2D eigenvalue weighted by molar-refractivity contribution is 0.988. The highest BCUT2D eigenvalue weighted by molar-refractivity contribution is 6.30. The van der Waals surface area contributed by atoms with Gasteiger partial charge in [0.2, 0.25) is 0 Å². The molecule has 0 aliphatic rings. The Bertz CT molecular complexity index is 440. The maximum Gasteiger partial charge on any atom is 0.149 e. The molecule has 1 N–H and O–H groups in total. The third kappa shape index (κ3) is 2.94. The van der Waals surface area contributed by atoms with E-state index in [2.05, 4.69) is 15.5 Å². The number of aryl methyl sites for hydroxylation is 1. The van der Waals surface area contributed by atoms with Gasteiger partial charge < -0.3 is 5.32 Å². The van der Waals surface area contributed by atoms with Crippen molar-refractivity contribution >= 4 is 17.4 Å². The zero-order valence-electron chi connectivity index (χ0n) is 8.94. The van der Waals surface area contributed by atoms with Gasteiger partial charge in [-0.1, -0.05) is 23.7 Å². The van der Waals surface area contributed by atoms with Gasteiger partial charge in [0, 0.05) is 11.6 Å². The van der Waals surface area contributed by atoms with Gasteiger partial charge in [0.25, 0.3) is 0 Å². The van der Waals surface area contributed by atoms with Crippen molar-refractivity contribution < 1.29 is 0 Å². The molecule has 1 aromatic heterocycles. The van der Waals surface area contributed by atoms with Gasteiger partial charge in [-0.15, -0.1) is 5.10 Å². The van der Waals surface area contributed by atoms with Crippen LogP contribution in [0.3, 0.4) is 0 Å². The summed E-state index contributed by atoms with van der Waals surface area (Å²) in [5.74, 6) is 0.778. The van der Waals surface area contributed by atoms with Gasteiger partial charge >= 0.3 is 0 Å². The number of hydrogen-bond acceptors (Lipinski definition) is 3. The number of aromatic nitrogens is 2. The highest BCUT2D eigenvalue weighted by Gasteiger charge is 1.97. The van der Waals surface area contributed by atoms with Crippen molar-refractivity contribution in [2.24, 2.45) is 0 Å². The third-order valence-electron chi connectivity index (χ3n) is 2.15. The number of nitrogens with one attached hydrogen (secondary N) is 1. The number of halogens is 1. The predicted octanol–water partition coefficient (Wildman–Crippen LogP) is 3.05. The Balaban J connectivity index is 2.02. The number of hydrogen-bond donors (Lipinski definition) is 1. The molecule has 2 aromatic rings. The molecule has 0 spiro atoms. The monoisotopic (exact) mass is 233 g/mol. The summed E-state index contributed by atoms with van der Waals surface area (Å²) in [6.45, 7) is 2.68. The average molecular weight is 234 g/mol. The van der Waals surface area contributed by atoms with Crippen LogP contribution in [0, 0.1) is 6.92 Å². The van der Waals surface area contributed by atoms with Crippen LogP contribution in [0.2, 0.25) is 5.02 Å². The first-order chi connectivity index (χ1) is 7.74. The van der Waals surface area contributed by atoms with E-state index in [9.17, 15) is 0 Å². The van der Waals surface area contributed by atoms with Crippen LogP contribution < -0.4 is 5.32 Å². The van der Waals surface area contributed by atoms with Crippen molar-refractivity contribution in [3.05, 3.63) is 52.7 Å². The Morgan fingerprint density at radius 3 is 2.94 bits per heavy atom. The van der Waals surface area contributed by atoms with Gasteiger partial charge in [-0.25, -0.2) is 0 Å². The second kappa shape index (κ2) is 4.94. The van der Waals surface area contributed by atoms with Crippen LogP contribution in [-0.4, -0.2) is 10.2 Å². The van der Waals surface area contributed by atoms with E-state index in [4.69, 9.17) is 11.6 Å². The summed E-state index contributed by atoms with van der Waals surface area (Å²) in [7, 11) is 0. The molecule has 3 nitrogen and oxygen atoms in total. The lowest BCUT2D eigenvalue weighted by Gasteiger charge is -2.05. The molecule has 16 heavy (non-hydrogen) atoms. The number of benzene rings is 1. The van der Waals surface area contributed by atoms with E-state index in [-0.39, 0.29) is 0 Å². The zero-order chi connectivity index (χ0) is 11.4. The highest BCUT2D eigenvalue weighted by atomic mass is 35.5. The smallest absolute Gasteiger partial charge is 0.149 e. The number of anilines is 1. The third-order valence-corrected chi connectivity index (χ3v) is 2.39. The van der Waals surface area contributed by atoms with Crippen LogP contribution in [-0.2, 0) is 6.54 Å². The molecule has 1 aromatic carbocycles. The Kier molecular flexibility index (Phi) is 3.37. The minimum Gasteiger partial charge on any atom is -0.364 e. The van der Waals surface area contributed by atoms with Gasteiger partial charge in [-0.2, -0.15) is 5.10 Å². The molecule has 0 radical (unpaired) electrons. The van der Waals surface area contributed by atoms with E-state index < -0.39 is 0 Å². The Morgan fingerprint density at radius 1 is 1.31 bits per heavy atom. The molecule has 0 amide bonds. The lowest BCUT2D eigenvalue weighted by Crippen LogP contribution is -2.02. The summed E-state index contributed by atoms with van der Waals surface area (Å²) < 4.78 is 0. The molecule has 0 bridgehead atoms. The Morgan fingerprint density at radius 2 is 2.19 bits per heavy atom. The largest absolute Gasteiger partial charge is 0.364 e. The van der Waals surface area contributed by atoms with Crippen molar-refractivity contribution in [3.63, 3.8) is 0 Å². The molecule has 0 fully saturated rings. The summed E-state index contributed by atoms with van der Waals surface area (Å²) >= 11 is 5.90. The van der Waals surface area contributed by atoms with E-state index in [1.807, 2.05) is 37.3 Å². The van der Waals surface area contributed by atoms with Gasteiger partial charge in [-0.05, 0) is 36.2 Å². The van der Waals surface area contributed by atoms with Crippen LogP contribution in [0.5, 0.6) is 0 Å². The normalized spacial score (nSPS) is 10.1. The average Bonchev–Trinajstić information content (AvgIpc) is 2.27. The van der Waals surface area contributed by atoms with Crippen molar-refractivity contribution in [3.8, 4) is 0 Å². The van der Waals surface area contributed by atoms with E-state index in [1.165, 1.54) is 0 Å². The molecule has 4 heteroatoms. The summed E-state index contributed by atoms with van der Waals surface area (Å²) in [5.41, 5.74) is 2.21.